The van der Waals surface area contributed by atoms with Crippen LogP contribution in [0.1, 0.15) is 33.4 Å². The fourth-order valence-electron chi connectivity index (χ4n) is 3.39. The summed E-state index contributed by atoms with van der Waals surface area (Å²) < 4.78 is 0. The van der Waals surface area contributed by atoms with Crippen molar-refractivity contribution >= 4 is 6.71 Å². The number of hydrogen-bond donors (Lipinski definition) is 0. The maximum absolute atomic E-state index is 2.28. The van der Waals surface area contributed by atoms with E-state index in [-0.39, 0.29) is 0 Å². The zero-order chi connectivity index (χ0) is 17.6. The third-order valence-electron chi connectivity index (χ3n) is 4.93. The summed E-state index contributed by atoms with van der Waals surface area (Å²) >= 11 is 0. The lowest BCUT2D eigenvalue weighted by Crippen LogP contribution is -2.24. The molecule has 0 bridgehead atoms. The van der Waals surface area contributed by atoms with E-state index in [9.17, 15) is 0 Å². The van der Waals surface area contributed by atoms with Gasteiger partial charge in [0.05, 0.1) is 0 Å². The molecule has 25 heavy (non-hydrogen) atoms. The average molecular weight is 326 g/mol. The molecule has 0 saturated carbocycles. The van der Waals surface area contributed by atoms with Gasteiger partial charge in [0.2, 0.25) is 0 Å². The quantitative estimate of drug-likeness (QED) is 0.506. The molecular formula is C24H27B. The van der Waals surface area contributed by atoms with E-state index >= 15 is 0 Å². The summed E-state index contributed by atoms with van der Waals surface area (Å²) in [6.07, 6.45) is 3.38. The third kappa shape index (κ3) is 5.36. The van der Waals surface area contributed by atoms with Gasteiger partial charge < -0.3 is 0 Å². The van der Waals surface area contributed by atoms with Gasteiger partial charge in [-0.1, -0.05) is 106 Å². The predicted molar refractivity (Wildman–Crippen MR) is 110 cm³/mol. The zero-order valence-electron chi connectivity index (χ0n) is 15.6. The van der Waals surface area contributed by atoms with Crippen molar-refractivity contribution < 1.29 is 0 Å². The molecule has 3 aromatic carbocycles. The van der Waals surface area contributed by atoms with Gasteiger partial charge in [0.1, 0.15) is 0 Å². The van der Waals surface area contributed by atoms with Gasteiger partial charge in [0, 0.05) is 0 Å². The first kappa shape index (κ1) is 17.5. The van der Waals surface area contributed by atoms with E-state index in [1.165, 1.54) is 33.4 Å². The Kier molecular flexibility index (Phi) is 5.76. The molecule has 0 heterocycles. The summed E-state index contributed by atoms with van der Waals surface area (Å²) in [5.74, 6) is 0. The van der Waals surface area contributed by atoms with E-state index < -0.39 is 0 Å². The van der Waals surface area contributed by atoms with Crippen molar-refractivity contribution in [1.29, 1.82) is 0 Å². The molecular weight excluding hydrogens is 299 g/mol. The molecule has 0 saturated heterocycles. The average Bonchev–Trinajstić information content (AvgIpc) is 2.61. The van der Waals surface area contributed by atoms with Crippen molar-refractivity contribution in [3.8, 4) is 0 Å². The summed E-state index contributed by atoms with van der Waals surface area (Å²) in [4.78, 5) is 0. The van der Waals surface area contributed by atoms with Crippen LogP contribution in [0.2, 0.25) is 0 Å². The highest BCUT2D eigenvalue weighted by atomic mass is 14.0. The Bertz CT molecular complexity index is 670. The second kappa shape index (κ2) is 8.20. The maximum atomic E-state index is 2.28. The van der Waals surface area contributed by atoms with E-state index in [1.54, 1.807) is 0 Å². The van der Waals surface area contributed by atoms with E-state index in [4.69, 9.17) is 0 Å². The number of rotatable bonds is 6. The van der Waals surface area contributed by atoms with Crippen LogP contribution in [0.3, 0.4) is 0 Å². The van der Waals surface area contributed by atoms with E-state index in [2.05, 4.69) is 93.6 Å². The van der Waals surface area contributed by atoms with Crippen molar-refractivity contribution in [2.75, 3.05) is 0 Å². The highest BCUT2D eigenvalue weighted by molar-refractivity contribution is 6.57. The van der Waals surface area contributed by atoms with E-state index in [0.29, 0.717) is 6.71 Å². The molecule has 0 aromatic heterocycles. The van der Waals surface area contributed by atoms with Gasteiger partial charge in [0.15, 0.2) is 6.71 Å². The molecule has 0 aliphatic heterocycles. The van der Waals surface area contributed by atoms with Crippen LogP contribution < -0.4 is 0 Å². The zero-order valence-corrected chi connectivity index (χ0v) is 15.6. The van der Waals surface area contributed by atoms with Crippen molar-refractivity contribution in [3.63, 3.8) is 0 Å². The summed E-state index contributed by atoms with van der Waals surface area (Å²) in [6.45, 7) is 7.08. The Labute approximate surface area is 153 Å². The van der Waals surface area contributed by atoms with Crippen LogP contribution in [0.4, 0.5) is 0 Å². The molecule has 0 unspecified atom stereocenters. The predicted octanol–water partition coefficient (Wildman–Crippen LogP) is 5.75. The minimum absolute atomic E-state index is 0.619. The second-order valence-corrected chi connectivity index (χ2v) is 7.44. The van der Waals surface area contributed by atoms with Crippen molar-refractivity contribution in [2.45, 2.75) is 39.7 Å². The molecule has 0 nitrogen and oxygen atoms in total. The topological polar surface area (TPSA) is 0 Å². The van der Waals surface area contributed by atoms with Gasteiger partial charge in [0.25, 0.3) is 0 Å². The molecule has 3 aromatic rings. The normalized spacial score (nSPS) is 10.7. The van der Waals surface area contributed by atoms with Crippen LogP contribution in [0.25, 0.3) is 0 Å². The minimum atomic E-state index is 0.619. The van der Waals surface area contributed by atoms with Gasteiger partial charge in [-0.05, 0) is 39.7 Å². The van der Waals surface area contributed by atoms with Gasteiger partial charge in [-0.25, -0.2) is 0 Å². The summed E-state index contributed by atoms with van der Waals surface area (Å²) in [5, 5.41) is 0. The van der Waals surface area contributed by atoms with Crippen LogP contribution >= 0.6 is 0 Å². The molecule has 0 aliphatic rings. The first-order valence-corrected chi connectivity index (χ1v) is 9.25. The van der Waals surface area contributed by atoms with Crippen LogP contribution in [0, 0.1) is 20.8 Å². The Balaban J connectivity index is 1.77. The molecule has 126 valence electrons. The highest BCUT2D eigenvalue weighted by Crippen LogP contribution is 2.15. The van der Waals surface area contributed by atoms with Crippen LogP contribution in [0.15, 0.2) is 72.8 Å². The Morgan fingerprint density at radius 3 is 0.920 bits per heavy atom. The molecule has 0 N–H and O–H groups in total. The van der Waals surface area contributed by atoms with Crippen LogP contribution in [-0.4, -0.2) is 6.71 Å². The second-order valence-electron chi connectivity index (χ2n) is 7.44. The molecule has 1 heteroatoms. The largest absolute Gasteiger partial charge is 0.153 e. The van der Waals surface area contributed by atoms with Gasteiger partial charge in [-0.15, -0.1) is 0 Å². The molecule has 0 radical (unpaired) electrons. The standard InChI is InChI=1S/C24H27B/c1-19-4-10-22(11-5-19)16-25(17-23-12-6-20(2)7-13-23)18-24-14-8-21(3)9-15-24/h4-15H,16-18H2,1-3H3. The van der Waals surface area contributed by atoms with Crippen molar-refractivity contribution in [2.24, 2.45) is 0 Å². The van der Waals surface area contributed by atoms with Crippen molar-refractivity contribution in [1.82, 2.24) is 0 Å². The molecule has 3 rings (SSSR count). The summed E-state index contributed by atoms with van der Waals surface area (Å²) in [5.41, 5.74) is 8.31. The molecule has 0 aliphatic carbocycles. The van der Waals surface area contributed by atoms with Gasteiger partial charge in [-0.3, -0.25) is 0 Å². The SMILES string of the molecule is Cc1ccc(CB(Cc2ccc(C)cc2)Cc2ccc(C)cc2)cc1. The van der Waals surface area contributed by atoms with Crippen LogP contribution in [0.5, 0.6) is 0 Å². The van der Waals surface area contributed by atoms with E-state index in [1.807, 2.05) is 0 Å². The fourth-order valence-corrected chi connectivity index (χ4v) is 3.39. The van der Waals surface area contributed by atoms with Gasteiger partial charge >= 0.3 is 0 Å². The summed E-state index contributed by atoms with van der Waals surface area (Å²) in [6, 6.07) is 27.1. The minimum Gasteiger partial charge on any atom is -0.0595 e. The molecule has 0 amide bonds. The van der Waals surface area contributed by atoms with Gasteiger partial charge in [-0.2, -0.15) is 0 Å². The Morgan fingerprint density at radius 1 is 0.440 bits per heavy atom. The monoisotopic (exact) mass is 326 g/mol. The molecule has 0 spiro atoms. The first-order valence-electron chi connectivity index (χ1n) is 9.25. The Morgan fingerprint density at radius 2 is 0.680 bits per heavy atom. The smallest absolute Gasteiger partial charge is 0.0595 e. The lowest BCUT2D eigenvalue weighted by atomic mass is 9.40. The number of benzene rings is 3. The number of hydrogen-bond acceptors (Lipinski definition) is 0. The number of aryl methyl sites for hydroxylation is 3. The molecule has 0 atom stereocenters. The fraction of sp³-hybridized carbons (Fsp3) is 0.250. The maximum Gasteiger partial charge on any atom is 0.153 e. The lowest BCUT2D eigenvalue weighted by Gasteiger charge is -2.15. The lowest BCUT2D eigenvalue weighted by molar-refractivity contribution is 1.18. The first-order chi connectivity index (χ1) is 12.1. The highest BCUT2D eigenvalue weighted by Gasteiger charge is 2.16. The Hall–Kier alpha value is -2.28. The molecule has 0 fully saturated rings. The van der Waals surface area contributed by atoms with Crippen molar-refractivity contribution in [3.05, 3.63) is 106 Å². The van der Waals surface area contributed by atoms with E-state index in [0.717, 1.165) is 19.0 Å². The third-order valence-corrected chi connectivity index (χ3v) is 4.93. The summed E-state index contributed by atoms with van der Waals surface area (Å²) in [7, 11) is 0. The van der Waals surface area contributed by atoms with Crippen LogP contribution in [-0.2, 0) is 19.0 Å².